The molecule has 1 fully saturated rings. The van der Waals surface area contributed by atoms with E-state index in [0.29, 0.717) is 12.6 Å². The number of hydrogen-bond donors (Lipinski definition) is 1. The maximum atomic E-state index is 13.2. The molecule has 106 valence electrons. The molecule has 2 nitrogen and oxygen atoms in total. The van der Waals surface area contributed by atoms with Gasteiger partial charge in [0.25, 0.3) is 0 Å². The highest BCUT2D eigenvalue weighted by Crippen LogP contribution is 2.31. The Morgan fingerprint density at radius 1 is 1.42 bits per heavy atom. The van der Waals surface area contributed by atoms with Crippen LogP contribution in [-0.4, -0.2) is 24.0 Å². The number of benzene rings is 1. The van der Waals surface area contributed by atoms with Gasteiger partial charge >= 0.3 is 0 Å². The van der Waals surface area contributed by atoms with Crippen molar-refractivity contribution in [2.24, 2.45) is 5.73 Å². The molecule has 2 N–H and O–H groups in total. The van der Waals surface area contributed by atoms with E-state index in [1.54, 1.807) is 0 Å². The lowest BCUT2D eigenvalue weighted by Crippen LogP contribution is -2.40. The zero-order valence-corrected chi connectivity index (χ0v) is 13.0. The predicted octanol–water partition coefficient (Wildman–Crippen LogP) is 3.85. The van der Waals surface area contributed by atoms with Crippen molar-refractivity contribution in [3.8, 4) is 0 Å². The van der Waals surface area contributed by atoms with Crippen LogP contribution in [0.15, 0.2) is 22.7 Å². The van der Waals surface area contributed by atoms with E-state index < -0.39 is 0 Å². The molecule has 4 heteroatoms. The average molecular weight is 329 g/mol. The van der Waals surface area contributed by atoms with E-state index in [9.17, 15) is 4.39 Å². The van der Waals surface area contributed by atoms with Gasteiger partial charge in [-0.05, 0) is 44.0 Å². The standard InChI is InChI=1S/C15H22BrFN2/c1-11-5-3-2-4-8-19(11)15(10-18)13-7-6-12(17)9-14(13)16/h6-7,9,11,15H,2-5,8,10,18H2,1H3. The van der Waals surface area contributed by atoms with Crippen molar-refractivity contribution in [3.05, 3.63) is 34.1 Å². The first-order chi connectivity index (χ1) is 9.13. The second-order valence-electron chi connectivity index (χ2n) is 5.35. The average Bonchev–Trinajstić information content (AvgIpc) is 2.58. The van der Waals surface area contributed by atoms with Gasteiger partial charge in [-0.15, -0.1) is 0 Å². The fraction of sp³-hybridized carbons (Fsp3) is 0.600. The Morgan fingerprint density at radius 2 is 2.21 bits per heavy atom. The van der Waals surface area contributed by atoms with Gasteiger partial charge in [0.15, 0.2) is 0 Å². The van der Waals surface area contributed by atoms with Crippen LogP contribution in [0.3, 0.4) is 0 Å². The largest absolute Gasteiger partial charge is 0.329 e. The van der Waals surface area contributed by atoms with Crippen LogP contribution in [0.1, 0.15) is 44.2 Å². The number of hydrogen-bond acceptors (Lipinski definition) is 2. The number of nitrogens with zero attached hydrogens (tertiary/aromatic N) is 1. The van der Waals surface area contributed by atoms with Crippen molar-refractivity contribution in [2.45, 2.75) is 44.7 Å². The molecule has 2 rings (SSSR count). The molecular weight excluding hydrogens is 307 g/mol. The second kappa shape index (κ2) is 6.82. The molecule has 0 amide bonds. The Hall–Kier alpha value is -0.450. The van der Waals surface area contributed by atoms with Gasteiger partial charge in [-0.2, -0.15) is 0 Å². The van der Waals surface area contributed by atoms with Crippen molar-refractivity contribution in [1.29, 1.82) is 0 Å². The first-order valence-corrected chi connectivity index (χ1v) is 7.83. The maximum absolute atomic E-state index is 13.2. The van der Waals surface area contributed by atoms with Gasteiger partial charge in [-0.25, -0.2) is 4.39 Å². The number of likely N-dealkylation sites (tertiary alicyclic amines) is 1. The molecule has 1 aliphatic heterocycles. The van der Waals surface area contributed by atoms with Crippen LogP contribution in [0.25, 0.3) is 0 Å². The lowest BCUT2D eigenvalue weighted by atomic mass is 10.0. The lowest BCUT2D eigenvalue weighted by Gasteiger charge is -2.35. The van der Waals surface area contributed by atoms with E-state index >= 15 is 0 Å². The third-order valence-electron chi connectivity index (χ3n) is 4.05. The molecule has 19 heavy (non-hydrogen) atoms. The summed E-state index contributed by atoms with van der Waals surface area (Å²) in [5.74, 6) is -0.213. The Labute approximate surface area is 123 Å². The summed E-state index contributed by atoms with van der Waals surface area (Å²) in [4.78, 5) is 2.48. The number of nitrogens with two attached hydrogens (primary N) is 1. The summed E-state index contributed by atoms with van der Waals surface area (Å²) in [5.41, 5.74) is 7.09. The molecule has 0 spiro atoms. The van der Waals surface area contributed by atoms with E-state index in [4.69, 9.17) is 5.73 Å². The van der Waals surface area contributed by atoms with Crippen LogP contribution >= 0.6 is 15.9 Å². The summed E-state index contributed by atoms with van der Waals surface area (Å²) in [6, 6.07) is 5.61. The molecule has 0 bridgehead atoms. The van der Waals surface area contributed by atoms with Crippen LogP contribution in [0, 0.1) is 5.82 Å². The molecule has 0 radical (unpaired) electrons. The lowest BCUT2D eigenvalue weighted by molar-refractivity contribution is 0.150. The van der Waals surface area contributed by atoms with E-state index in [2.05, 4.69) is 27.8 Å². The Morgan fingerprint density at radius 3 is 2.89 bits per heavy atom. The van der Waals surface area contributed by atoms with E-state index in [1.807, 2.05) is 6.07 Å². The predicted molar refractivity (Wildman–Crippen MR) is 80.5 cm³/mol. The minimum atomic E-state index is -0.213. The summed E-state index contributed by atoms with van der Waals surface area (Å²) in [6.45, 7) is 3.91. The van der Waals surface area contributed by atoms with E-state index in [1.165, 1.54) is 37.8 Å². The molecular formula is C15H22BrFN2. The minimum Gasteiger partial charge on any atom is -0.329 e. The molecule has 1 aromatic rings. The SMILES string of the molecule is CC1CCCCCN1C(CN)c1ccc(F)cc1Br. The number of rotatable bonds is 3. The maximum Gasteiger partial charge on any atom is 0.124 e. The molecule has 1 saturated heterocycles. The van der Waals surface area contributed by atoms with Gasteiger partial charge in [0.05, 0.1) is 0 Å². The van der Waals surface area contributed by atoms with Crippen LogP contribution < -0.4 is 5.73 Å². The zero-order valence-electron chi connectivity index (χ0n) is 11.4. The Bertz CT molecular complexity index is 425. The summed E-state index contributed by atoms with van der Waals surface area (Å²) >= 11 is 3.47. The van der Waals surface area contributed by atoms with E-state index in [0.717, 1.165) is 16.6 Å². The molecule has 1 aliphatic rings. The first-order valence-electron chi connectivity index (χ1n) is 7.04. The van der Waals surface area contributed by atoms with Crippen molar-refractivity contribution in [1.82, 2.24) is 4.90 Å². The summed E-state index contributed by atoms with van der Waals surface area (Å²) in [5, 5.41) is 0. The molecule has 1 aromatic carbocycles. The highest BCUT2D eigenvalue weighted by molar-refractivity contribution is 9.10. The smallest absolute Gasteiger partial charge is 0.124 e. The normalized spacial score (nSPS) is 23.1. The van der Waals surface area contributed by atoms with Crippen LogP contribution in [0.5, 0.6) is 0 Å². The summed E-state index contributed by atoms with van der Waals surface area (Å²) in [7, 11) is 0. The summed E-state index contributed by atoms with van der Waals surface area (Å²) < 4.78 is 14.0. The third kappa shape index (κ3) is 3.56. The fourth-order valence-electron chi connectivity index (χ4n) is 2.97. The van der Waals surface area contributed by atoms with Crippen LogP contribution in [-0.2, 0) is 0 Å². The van der Waals surface area contributed by atoms with E-state index in [-0.39, 0.29) is 11.9 Å². The molecule has 0 aliphatic carbocycles. The Balaban J connectivity index is 2.27. The fourth-order valence-corrected chi connectivity index (χ4v) is 3.59. The van der Waals surface area contributed by atoms with Crippen molar-refractivity contribution < 1.29 is 4.39 Å². The monoisotopic (exact) mass is 328 g/mol. The van der Waals surface area contributed by atoms with Gasteiger partial charge < -0.3 is 5.73 Å². The first kappa shape index (κ1) is 14.9. The van der Waals surface area contributed by atoms with Crippen molar-refractivity contribution in [2.75, 3.05) is 13.1 Å². The molecule has 0 saturated carbocycles. The quantitative estimate of drug-likeness (QED) is 0.913. The van der Waals surface area contributed by atoms with Crippen molar-refractivity contribution in [3.63, 3.8) is 0 Å². The van der Waals surface area contributed by atoms with Crippen molar-refractivity contribution >= 4 is 15.9 Å². The molecule has 0 aromatic heterocycles. The summed E-state index contributed by atoms with van der Waals surface area (Å²) in [6.07, 6.45) is 5.03. The van der Waals surface area contributed by atoms with Gasteiger partial charge in [0.2, 0.25) is 0 Å². The number of halogens is 2. The van der Waals surface area contributed by atoms with Gasteiger partial charge in [-0.3, -0.25) is 4.90 Å². The van der Waals surface area contributed by atoms with Crippen LogP contribution in [0.4, 0.5) is 4.39 Å². The van der Waals surface area contributed by atoms with Crippen LogP contribution in [0.2, 0.25) is 0 Å². The molecule has 2 atom stereocenters. The van der Waals surface area contributed by atoms with Gasteiger partial charge in [-0.1, -0.05) is 34.8 Å². The highest BCUT2D eigenvalue weighted by Gasteiger charge is 2.26. The zero-order chi connectivity index (χ0) is 13.8. The second-order valence-corrected chi connectivity index (χ2v) is 6.21. The Kier molecular flexibility index (Phi) is 5.37. The van der Waals surface area contributed by atoms with Gasteiger partial charge in [0.1, 0.15) is 5.82 Å². The minimum absolute atomic E-state index is 0.170. The topological polar surface area (TPSA) is 29.3 Å². The third-order valence-corrected chi connectivity index (χ3v) is 4.74. The molecule has 1 heterocycles. The highest BCUT2D eigenvalue weighted by atomic mass is 79.9. The van der Waals surface area contributed by atoms with Gasteiger partial charge in [0, 0.05) is 23.1 Å². The molecule has 2 unspecified atom stereocenters.